The molecule has 28 heteroatoms. The molecule has 3 aromatic rings. The molecule has 9 amide bonds. The molecule has 7 rings (SSSR count). The van der Waals surface area contributed by atoms with Crippen molar-refractivity contribution in [1.29, 1.82) is 0 Å². The first-order valence-corrected chi connectivity index (χ1v) is 38.0. The molecule has 7 atom stereocenters. The number of amides is 9. The molecular formula is C68H100N12O12S4. The molecule has 4 heterocycles. The standard InChI is InChI=1S/C31H48N6O5S3.C26H39N5O4S.C11H13NO3/c1-37(24-12-10-23(21-38)11-13-24)18-14-29(41)34-17-20-45(43)19-16-33-28(40)8-3-2-6-15-32-27(39)9-5-4-7-26-30-25(22-44-26)35-31(42)36-30;1-31(20-11-9-19(17-32)10-12-20)16-13-24(34)28-15-6-2-5-14-27-23(33)8-4-3-7-22-25-21(18-36-22)29-26(35)30-25;1-12(7-6-11(14)15)10-4-2-9(8-13)3-5-10/h10-13,21,25-26,30H,2-9,14-20,22H2,1H3,(H,32,39)(H,33,40)(H,34,41)(H2,35,36,42);9-12,17,21-22,25H,2-8,13-16,18H2,1H3,(H,27,33)(H,28,34)(H2,29,30,35);2-5,8H,6-7H2,1H3,(H,14,15). The van der Waals surface area contributed by atoms with Gasteiger partial charge in [-0.15, -0.1) is 9.45 Å². The summed E-state index contributed by atoms with van der Waals surface area (Å²) in [6.45, 7) is 4.62. The summed E-state index contributed by atoms with van der Waals surface area (Å²) in [5.74, 6) is 2.70. The number of carbonyl (C=O) groups is 11. The van der Waals surface area contributed by atoms with E-state index in [-0.39, 0.29) is 81.6 Å². The number of carboxylic acid groups (broad SMARTS) is 1. The number of aliphatic carboxylic acids is 1. The molecule has 4 aliphatic rings. The summed E-state index contributed by atoms with van der Waals surface area (Å²) >= 11 is 9.32. The zero-order chi connectivity index (χ0) is 69.5. The molecule has 24 nitrogen and oxygen atoms in total. The third kappa shape index (κ3) is 31.3. The van der Waals surface area contributed by atoms with E-state index in [0.717, 1.165) is 124 Å². The average Bonchev–Trinajstić information content (AvgIpc) is 1.72. The summed E-state index contributed by atoms with van der Waals surface area (Å²) in [5, 5.41) is 36.1. The van der Waals surface area contributed by atoms with Crippen LogP contribution in [-0.4, -0.2) is 203 Å². The van der Waals surface area contributed by atoms with E-state index in [0.29, 0.717) is 123 Å². The first kappa shape index (κ1) is 79.4. The fourth-order valence-electron chi connectivity index (χ4n) is 11.0. The number of anilines is 3. The Labute approximate surface area is 581 Å². The van der Waals surface area contributed by atoms with Crippen LogP contribution in [0.15, 0.2) is 72.8 Å². The number of benzene rings is 3. The molecule has 4 fully saturated rings. The van der Waals surface area contributed by atoms with Gasteiger partial charge >= 0.3 is 18.0 Å². The van der Waals surface area contributed by atoms with E-state index >= 15 is 0 Å². The van der Waals surface area contributed by atoms with Crippen molar-refractivity contribution in [2.45, 2.75) is 150 Å². The number of urea groups is 2. The first-order valence-electron chi connectivity index (χ1n) is 33.4. The Morgan fingerprint density at radius 2 is 0.771 bits per heavy atom. The maximum absolute atomic E-state index is 12.2. The van der Waals surface area contributed by atoms with Gasteiger partial charge in [-0.05, 0) is 131 Å². The van der Waals surface area contributed by atoms with Crippen molar-refractivity contribution >= 4 is 128 Å². The highest BCUT2D eigenvalue weighted by molar-refractivity contribution is 8.28. The lowest BCUT2D eigenvalue weighted by atomic mass is 10.0. The van der Waals surface area contributed by atoms with Gasteiger partial charge in [0.05, 0.1) is 30.6 Å². The number of fused-ring (bicyclic) bond motifs is 2. The van der Waals surface area contributed by atoms with Crippen LogP contribution in [0.25, 0.3) is 0 Å². The number of carbonyl (C=O) groups excluding carboxylic acids is 10. The summed E-state index contributed by atoms with van der Waals surface area (Å²) in [5.41, 5.74) is 4.69. The Balaban J connectivity index is 0.000000290. The molecule has 96 heavy (non-hydrogen) atoms. The summed E-state index contributed by atoms with van der Waals surface area (Å²) < 4.78 is 0. The lowest BCUT2D eigenvalue weighted by molar-refractivity contribution is -0.137. The van der Waals surface area contributed by atoms with Crippen molar-refractivity contribution < 1.29 is 57.8 Å². The molecule has 528 valence electrons. The molecule has 10 N–H and O–H groups in total. The van der Waals surface area contributed by atoms with E-state index in [9.17, 15) is 52.7 Å². The molecule has 4 aliphatic heterocycles. The molecule has 0 radical (unpaired) electrons. The minimum atomic E-state index is -0.814. The predicted molar refractivity (Wildman–Crippen MR) is 387 cm³/mol. The summed E-state index contributed by atoms with van der Waals surface area (Å²) in [6.07, 6.45) is 15.8. The SMILES string of the molecule is CN(CCC(=O)NCCCCCNC(=O)CCCCC1SCC2NC(=O)NC21)c1ccc(C=O)cc1.CN(CCC(=O)NCCS(=S)CCNC(=O)CCCCCNC(=O)CCCCC1SCC2NC(=O)NC21)c1ccc(C=O)cc1.CN(CCC(=O)O)c1ccc(C=O)cc1. The third-order valence-electron chi connectivity index (χ3n) is 16.8. The van der Waals surface area contributed by atoms with Crippen LogP contribution in [0.4, 0.5) is 26.7 Å². The Bertz CT molecular complexity index is 2970. The van der Waals surface area contributed by atoms with Gasteiger partial charge in [0.2, 0.25) is 29.5 Å². The van der Waals surface area contributed by atoms with Crippen LogP contribution in [0.3, 0.4) is 0 Å². The molecular weight excluding hydrogens is 1310 g/mol. The van der Waals surface area contributed by atoms with Crippen molar-refractivity contribution in [3.8, 4) is 0 Å². The second-order valence-corrected chi connectivity index (χ2v) is 29.9. The highest BCUT2D eigenvalue weighted by atomic mass is 32.8. The van der Waals surface area contributed by atoms with Crippen LogP contribution >= 0.6 is 23.5 Å². The lowest BCUT2D eigenvalue weighted by Crippen LogP contribution is -2.36. The second kappa shape index (κ2) is 45.3. The number of nitrogens with zero attached hydrogens (tertiary/aromatic N) is 3. The fraction of sp³-hybridized carbons (Fsp3) is 0.574. The normalized spacial score (nSPS) is 18.1. The highest BCUT2D eigenvalue weighted by Crippen LogP contribution is 2.34. The van der Waals surface area contributed by atoms with Crippen LogP contribution in [0.1, 0.15) is 147 Å². The number of aldehydes is 3. The monoisotopic (exact) mass is 1400 g/mol. The van der Waals surface area contributed by atoms with Crippen molar-refractivity contribution in [3.05, 3.63) is 89.5 Å². The molecule has 0 saturated carbocycles. The number of thioether (sulfide) groups is 2. The third-order valence-corrected chi connectivity index (χ3v) is 22.1. The average molecular weight is 1410 g/mol. The minimum absolute atomic E-state index is 0.0176. The van der Waals surface area contributed by atoms with Gasteiger partial charge in [0, 0.05) is 173 Å². The van der Waals surface area contributed by atoms with Crippen LogP contribution in [0.5, 0.6) is 0 Å². The quantitative estimate of drug-likeness (QED) is 0.0179. The maximum atomic E-state index is 12.2. The Kier molecular flexibility index (Phi) is 37.4. The van der Waals surface area contributed by atoms with E-state index in [4.69, 9.17) is 16.3 Å². The number of hydrogen-bond acceptors (Lipinski definition) is 17. The van der Waals surface area contributed by atoms with E-state index in [1.54, 1.807) is 48.5 Å². The van der Waals surface area contributed by atoms with Gasteiger partial charge in [-0.1, -0.05) is 30.5 Å². The minimum Gasteiger partial charge on any atom is -0.481 e. The largest absolute Gasteiger partial charge is 0.481 e. The zero-order valence-corrected chi connectivity index (χ0v) is 59.0. The molecule has 0 aromatic heterocycles. The number of nitrogens with one attached hydrogen (secondary N) is 9. The number of unbranched alkanes of at least 4 members (excludes halogenated alkanes) is 6. The summed E-state index contributed by atoms with van der Waals surface area (Å²) in [4.78, 5) is 132. The summed E-state index contributed by atoms with van der Waals surface area (Å²) in [7, 11) is 5.34. The number of hydrogen-bond donors (Lipinski definition) is 10. The van der Waals surface area contributed by atoms with Crippen LogP contribution in [-0.2, 0) is 49.4 Å². The topological polar surface area (TPSA) is 326 Å². The molecule has 3 aromatic carbocycles. The molecule has 4 saturated heterocycles. The van der Waals surface area contributed by atoms with Crippen molar-refractivity contribution in [2.24, 2.45) is 0 Å². The molecule has 0 aliphatic carbocycles. The van der Waals surface area contributed by atoms with E-state index in [1.165, 1.54) is 0 Å². The Hall–Kier alpha value is -7.30. The number of rotatable bonds is 43. The Morgan fingerprint density at radius 1 is 0.458 bits per heavy atom. The van der Waals surface area contributed by atoms with Crippen LogP contribution in [0.2, 0.25) is 0 Å². The van der Waals surface area contributed by atoms with E-state index in [1.807, 2.05) is 83.6 Å². The Morgan fingerprint density at radius 3 is 1.11 bits per heavy atom. The van der Waals surface area contributed by atoms with Gasteiger partial charge in [0.1, 0.15) is 18.9 Å². The van der Waals surface area contributed by atoms with Gasteiger partial charge in [-0.3, -0.25) is 43.2 Å². The predicted octanol–water partition coefficient (Wildman–Crippen LogP) is 5.90. The van der Waals surface area contributed by atoms with Crippen molar-refractivity contribution in [2.75, 3.05) is 111 Å². The second-order valence-electron chi connectivity index (χ2n) is 24.2. The highest BCUT2D eigenvalue weighted by Gasteiger charge is 2.43. The smallest absolute Gasteiger partial charge is 0.315 e. The summed E-state index contributed by atoms with van der Waals surface area (Å²) in [6, 6.07) is 22.3. The molecule has 0 bridgehead atoms. The van der Waals surface area contributed by atoms with Gasteiger partial charge in [0.15, 0.2) is 0 Å². The van der Waals surface area contributed by atoms with Gasteiger partial charge in [-0.2, -0.15) is 23.5 Å². The van der Waals surface area contributed by atoms with Gasteiger partial charge in [-0.25, -0.2) is 9.59 Å². The van der Waals surface area contributed by atoms with Crippen molar-refractivity contribution in [1.82, 2.24) is 47.9 Å². The van der Waals surface area contributed by atoms with Crippen LogP contribution < -0.4 is 62.6 Å². The molecule has 7 unspecified atom stereocenters. The number of carboxylic acids is 1. The zero-order valence-electron chi connectivity index (χ0n) is 55.8. The lowest BCUT2D eigenvalue weighted by Gasteiger charge is -2.19. The molecule has 0 spiro atoms. The van der Waals surface area contributed by atoms with E-state index in [2.05, 4.69) is 47.9 Å². The first-order chi connectivity index (χ1) is 46.3. The maximum Gasteiger partial charge on any atom is 0.315 e. The van der Waals surface area contributed by atoms with Gasteiger partial charge < -0.3 is 67.7 Å². The fourth-order valence-corrected chi connectivity index (χ4v) is 15.5. The van der Waals surface area contributed by atoms with Crippen molar-refractivity contribution in [3.63, 3.8) is 0 Å². The van der Waals surface area contributed by atoms with Crippen LogP contribution in [0, 0.1) is 0 Å². The van der Waals surface area contributed by atoms with Gasteiger partial charge in [0.25, 0.3) is 0 Å². The van der Waals surface area contributed by atoms with E-state index < -0.39 is 5.97 Å².